The number of benzene rings is 2. The van der Waals surface area contributed by atoms with Gasteiger partial charge in [0, 0.05) is 11.6 Å². The van der Waals surface area contributed by atoms with Gasteiger partial charge in [-0.15, -0.1) is 0 Å². The van der Waals surface area contributed by atoms with Crippen LogP contribution in [0, 0.1) is 11.7 Å². The number of carbonyl (C=O) groups is 1. The first-order valence-electron chi connectivity index (χ1n) is 10.7. The molecule has 3 aromatic rings. The molecule has 2 aromatic carbocycles. The largest absolute Gasteiger partial charge is 0.494 e. The van der Waals surface area contributed by atoms with Gasteiger partial charge in [0.15, 0.2) is 0 Å². The third-order valence-corrected chi connectivity index (χ3v) is 4.84. The van der Waals surface area contributed by atoms with Crippen LogP contribution in [-0.2, 0) is 0 Å². The van der Waals surface area contributed by atoms with Gasteiger partial charge in [-0.2, -0.15) is 0 Å². The predicted octanol–water partition coefficient (Wildman–Crippen LogP) is 5.72. The molecular weight excluding hydrogens is 411 g/mol. The zero-order valence-electron chi connectivity index (χ0n) is 18.5. The molecule has 3 rings (SSSR count). The van der Waals surface area contributed by atoms with Crippen molar-refractivity contribution in [3.8, 4) is 28.6 Å². The maximum Gasteiger partial charge on any atom is 0.347 e. The quantitative estimate of drug-likeness (QED) is 0.377. The van der Waals surface area contributed by atoms with Crippen LogP contribution in [-0.4, -0.2) is 29.2 Å². The Morgan fingerprint density at radius 3 is 2.38 bits per heavy atom. The van der Waals surface area contributed by atoms with Gasteiger partial charge in [0.05, 0.1) is 36.9 Å². The number of rotatable bonds is 10. The van der Waals surface area contributed by atoms with E-state index < -0.39 is 11.8 Å². The van der Waals surface area contributed by atoms with Crippen LogP contribution in [0.1, 0.15) is 44.0 Å². The Hall–Kier alpha value is -3.48. The number of aromatic nitrogens is 2. The van der Waals surface area contributed by atoms with Crippen LogP contribution in [0.25, 0.3) is 11.3 Å². The molecule has 168 valence electrons. The lowest BCUT2D eigenvalue weighted by Crippen LogP contribution is -2.12. The molecule has 7 heteroatoms. The van der Waals surface area contributed by atoms with E-state index in [1.807, 2.05) is 31.2 Å². The van der Waals surface area contributed by atoms with Crippen LogP contribution < -0.4 is 14.2 Å². The molecule has 1 aromatic heterocycles. The summed E-state index contributed by atoms with van der Waals surface area (Å²) in [7, 11) is 0. The van der Waals surface area contributed by atoms with Crippen molar-refractivity contribution in [2.24, 2.45) is 5.92 Å². The average molecular weight is 438 g/mol. The van der Waals surface area contributed by atoms with Crippen molar-refractivity contribution in [1.82, 2.24) is 9.97 Å². The fraction of sp³-hybridized carbons (Fsp3) is 0.320. The van der Waals surface area contributed by atoms with E-state index in [-0.39, 0.29) is 11.4 Å². The summed E-state index contributed by atoms with van der Waals surface area (Å²) < 4.78 is 30.5. The van der Waals surface area contributed by atoms with E-state index in [2.05, 4.69) is 23.8 Å². The maximum absolute atomic E-state index is 14.2. The highest BCUT2D eigenvalue weighted by molar-refractivity contribution is 5.91. The van der Waals surface area contributed by atoms with Crippen molar-refractivity contribution in [2.75, 3.05) is 13.2 Å². The molecule has 0 N–H and O–H groups in total. The minimum Gasteiger partial charge on any atom is -0.494 e. The number of hydrogen-bond acceptors (Lipinski definition) is 6. The molecule has 0 spiro atoms. The summed E-state index contributed by atoms with van der Waals surface area (Å²) in [5.41, 5.74) is 1.26. The third kappa shape index (κ3) is 6.26. The van der Waals surface area contributed by atoms with Gasteiger partial charge in [0.25, 0.3) is 0 Å². The van der Waals surface area contributed by atoms with E-state index in [0.29, 0.717) is 30.6 Å². The van der Waals surface area contributed by atoms with Crippen LogP contribution in [0.3, 0.4) is 0 Å². The number of hydrogen-bond donors (Lipinski definition) is 0. The topological polar surface area (TPSA) is 70.5 Å². The highest BCUT2D eigenvalue weighted by Crippen LogP contribution is 2.23. The SMILES string of the molecule is CCCOc1ccc(C(=O)Oc2cnc(-c3ccc(OCC(C)CC)cc3)cn2)c(F)c1. The predicted molar refractivity (Wildman–Crippen MR) is 120 cm³/mol. The number of carbonyl (C=O) groups excluding carboxylic acids is 1. The van der Waals surface area contributed by atoms with Crippen molar-refractivity contribution >= 4 is 5.97 Å². The zero-order valence-corrected chi connectivity index (χ0v) is 18.5. The van der Waals surface area contributed by atoms with E-state index in [9.17, 15) is 9.18 Å². The van der Waals surface area contributed by atoms with Crippen molar-refractivity contribution in [1.29, 1.82) is 0 Å². The Labute approximate surface area is 187 Å². The summed E-state index contributed by atoms with van der Waals surface area (Å²) in [6.45, 7) is 7.37. The first-order valence-corrected chi connectivity index (χ1v) is 10.7. The van der Waals surface area contributed by atoms with Gasteiger partial charge in [0.1, 0.15) is 17.3 Å². The molecular formula is C25H27FN2O4. The van der Waals surface area contributed by atoms with Crippen LogP contribution in [0.4, 0.5) is 4.39 Å². The lowest BCUT2D eigenvalue weighted by Gasteiger charge is -2.11. The number of halogens is 1. The average Bonchev–Trinajstić information content (AvgIpc) is 2.82. The Morgan fingerprint density at radius 1 is 1.00 bits per heavy atom. The molecule has 0 bridgehead atoms. The van der Waals surface area contributed by atoms with Gasteiger partial charge in [-0.05, 0) is 48.7 Å². The molecule has 0 aliphatic heterocycles. The molecule has 0 aliphatic carbocycles. The van der Waals surface area contributed by atoms with Crippen molar-refractivity contribution in [3.63, 3.8) is 0 Å². The fourth-order valence-electron chi connectivity index (χ4n) is 2.72. The van der Waals surface area contributed by atoms with Gasteiger partial charge in [-0.3, -0.25) is 0 Å². The van der Waals surface area contributed by atoms with Gasteiger partial charge >= 0.3 is 5.97 Å². The summed E-state index contributed by atoms with van der Waals surface area (Å²) in [6, 6.07) is 11.6. The minimum absolute atomic E-state index is 0.0158. The van der Waals surface area contributed by atoms with E-state index in [0.717, 1.165) is 30.2 Å². The van der Waals surface area contributed by atoms with Crippen molar-refractivity contribution in [3.05, 3.63) is 66.2 Å². The molecule has 1 atom stereocenters. The molecule has 1 unspecified atom stereocenters. The Balaban J connectivity index is 1.61. The summed E-state index contributed by atoms with van der Waals surface area (Å²) in [5.74, 6) is 0.0647. The van der Waals surface area contributed by atoms with Crippen molar-refractivity contribution < 1.29 is 23.4 Å². The molecule has 1 heterocycles. The zero-order chi connectivity index (χ0) is 22.9. The summed E-state index contributed by atoms with van der Waals surface area (Å²) in [6.07, 6.45) is 4.69. The monoisotopic (exact) mass is 438 g/mol. The molecule has 0 saturated carbocycles. The Bertz CT molecular complexity index is 1020. The van der Waals surface area contributed by atoms with Crippen LogP contribution in [0.5, 0.6) is 17.4 Å². The molecule has 0 saturated heterocycles. The van der Waals surface area contributed by atoms with Crippen LogP contribution >= 0.6 is 0 Å². The highest BCUT2D eigenvalue weighted by Gasteiger charge is 2.16. The Kier molecular flexibility index (Phi) is 8.14. The van der Waals surface area contributed by atoms with Crippen molar-refractivity contribution in [2.45, 2.75) is 33.6 Å². The number of ether oxygens (including phenoxy) is 3. The Morgan fingerprint density at radius 2 is 1.75 bits per heavy atom. The molecule has 0 aliphatic rings. The van der Waals surface area contributed by atoms with Crippen LogP contribution in [0.2, 0.25) is 0 Å². The smallest absolute Gasteiger partial charge is 0.347 e. The second-order valence-electron chi connectivity index (χ2n) is 7.47. The summed E-state index contributed by atoms with van der Waals surface area (Å²) in [5, 5.41) is 0. The lowest BCUT2D eigenvalue weighted by molar-refractivity contribution is 0.0722. The summed E-state index contributed by atoms with van der Waals surface area (Å²) in [4.78, 5) is 20.7. The van der Waals surface area contributed by atoms with Gasteiger partial charge in [-0.25, -0.2) is 19.2 Å². The van der Waals surface area contributed by atoms with E-state index in [1.54, 1.807) is 0 Å². The second-order valence-corrected chi connectivity index (χ2v) is 7.47. The molecule has 0 radical (unpaired) electrons. The number of nitrogens with zero attached hydrogens (tertiary/aromatic N) is 2. The molecule has 6 nitrogen and oxygen atoms in total. The highest BCUT2D eigenvalue weighted by atomic mass is 19.1. The third-order valence-electron chi connectivity index (χ3n) is 4.84. The van der Waals surface area contributed by atoms with Crippen LogP contribution in [0.15, 0.2) is 54.9 Å². The van der Waals surface area contributed by atoms with Gasteiger partial charge in [0.2, 0.25) is 5.88 Å². The first-order chi connectivity index (χ1) is 15.5. The van der Waals surface area contributed by atoms with E-state index >= 15 is 0 Å². The number of esters is 1. The van der Waals surface area contributed by atoms with E-state index in [4.69, 9.17) is 14.2 Å². The minimum atomic E-state index is -0.852. The second kappa shape index (κ2) is 11.2. The van der Waals surface area contributed by atoms with Gasteiger partial charge < -0.3 is 14.2 Å². The van der Waals surface area contributed by atoms with E-state index in [1.165, 1.54) is 24.5 Å². The molecule has 0 amide bonds. The standard InChI is InChI=1S/C25H27FN2O4/c1-4-12-30-20-10-11-21(22(26)13-20)25(29)32-24-15-27-23(14-28-24)18-6-8-19(9-7-18)31-16-17(3)5-2/h6-11,13-15,17H,4-5,12,16H2,1-3H3. The summed E-state index contributed by atoms with van der Waals surface area (Å²) >= 11 is 0. The fourth-order valence-corrected chi connectivity index (χ4v) is 2.72. The van der Waals surface area contributed by atoms with Gasteiger partial charge in [-0.1, -0.05) is 27.2 Å². The molecule has 0 fully saturated rings. The molecule has 32 heavy (non-hydrogen) atoms. The first kappa shape index (κ1) is 23.2. The normalized spacial score (nSPS) is 11.6. The lowest BCUT2D eigenvalue weighted by atomic mass is 10.1. The maximum atomic E-state index is 14.2.